The van der Waals surface area contributed by atoms with Gasteiger partial charge in [-0.3, -0.25) is 0 Å². The number of hydrogen-bond donors (Lipinski definition) is 0. The van der Waals surface area contributed by atoms with Crippen LogP contribution in [-0.4, -0.2) is 11.5 Å². The Labute approximate surface area is 123 Å². The normalized spacial score (nSPS) is 14.0. The molecule has 0 aliphatic carbocycles. The lowest BCUT2D eigenvalue weighted by Crippen LogP contribution is -2.24. The summed E-state index contributed by atoms with van der Waals surface area (Å²) in [4.78, 5) is 0. The van der Waals surface area contributed by atoms with Gasteiger partial charge in [0.25, 0.3) is 0 Å². The van der Waals surface area contributed by atoms with Crippen LogP contribution < -0.4 is 5.46 Å². The van der Waals surface area contributed by atoms with Crippen molar-refractivity contribution in [1.29, 1.82) is 0 Å². The van der Waals surface area contributed by atoms with Gasteiger partial charge < -0.3 is 9.22 Å². The average Bonchev–Trinajstić information content (AvgIpc) is 3.02. The molecule has 0 unspecified atom stereocenters. The first-order valence-corrected chi connectivity index (χ1v) is 7.11. The molecule has 0 saturated heterocycles. The molecule has 0 amide bonds. The second-order valence-corrected chi connectivity index (χ2v) is 5.66. The molecule has 1 aromatic heterocycles. The summed E-state index contributed by atoms with van der Waals surface area (Å²) in [5, 5.41) is 1.92. The zero-order chi connectivity index (χ0) is 13.7. The van der Waals surface area contributed by atoms with Gasteiger partial charge in [0.05, 0.1) is 12.1 Å². The van der Waals surface area contributed by atoms with Crippen LogP contribution in [0, 0.1) is 0 Å². The minimum absolute atomic E-state index is 0.182. The summed E-state index contributed by atoms with van der Waals surface area (Å²) in [7, 11) is 0. The smallest absolute Gasteiger partial charge is 0.324 e. The molecular weight excluding hydrogens is 268 g/mol. The van der Waals surface area contributed by atoms with E-state index < -0.39 is 0 Å². The highest BCUT2D eigenvalue weighted by molar-refractivity contribution is 6.67. The molecule has 20 heavy (non-hydrogen) atoms. The number of halogens is 1. The fourth-order valence-electron chi connectivity index (χ4n) is 2.89. The van der Waals surface area contributed by atoms with E-state index in [0.29, 0.717) is 0 Å². The van der Waals surface area contributed by atoms with Gasteiger partial charge >= 0.3 is 6.92 Å². The average molecular weight is 282 g/mol. The Balaban J connectivity index is 1.89. The van der Waals surface area contributed by atoms with E-state index in [1.165, 1.54) is 22.2 Å². The fraction of sp³-hybridized carbons (Fsp3) is 0.125. The van der Waals surface area contributed by atoms with Crippen molar-refractivity contribution in [2.24, 2.45) is 0 Å². The minimum atomic E-state index is 0.182. The van der Waals surface area contributed by atoms with Gasteiger partial charge in [-0.1, -0.05) is 24.5 Å². The van der Waals surface area contributed by atoms with E-state index in [-0.39, 0.29) is 6.92 Å². The molecule has 0 fully saturated rings. The third kappa shape index (κ3) is 1.78. The fourth-order valence-corrected chi connectivity index (χ4v) is 3.07. The highest BCUT2D eigenvalue weighted by Gasteiger charge is 2.23. The van der Waals surface area contributed by atoms with Crippen LogP contribution >= 0.6 is 11.6 Å². The molecule has 0 radical (unpaired) electrons. The summed E-state index contributed by atoms with van der Waals surface area (Å²) in [5.41, 5.74) is 4.92. The van der Waals surface area contributed by atoms with Crippen LogP contribution in [0.2, 0.25) is 11.8 Å². The second kappa shape index (κ2) is 4.40. The van der Waals surface area contributed by atoms with Crippen LogP contribution in [0.15, 0.2) is 48.7 Å². The Kier molecular flexibility index (Phi) is 2.66. The van der Waals surface area contributed by atoms with Crippen molar-refractivity contribution >= 4 is 34.9 Å². The van der Waals surface area contributed by atoms with Gasteiger partial charge in [0, 0.05) is 22.3 Å². The monoisotopic (exact) mass is 281 g/mol. The first kappa shape index (κ1) is 12.1. The molecule has 98 valence electrons. The number of rotatable bonds is 1. The van der Waals surface area contributed by atoms with E-state index in [4.69, 9.17) is 16.3 Å². The molecule has 4 heteroatoms. The maximum Gasteiger partial charge on any atom is 0.324 e. The van der Waals surface area contributed by atoms with Gasteiger partial charge in [0.1, 0.15) is 0 Å². The zero-order valence-electron chi connectivity index (χ0n) is 11.1. The van der Waals surface area contributed by atoms with E-state index in [1.807, 2.05) is 12.1 Å². The van der Waals surface area contributed by atoms with Crippen LogP contribution in [0.5, 0.6) is 0 Å². The van der Waals surface area contributed by atoms with Crippen LogP contribution in [0.25, 0.3) is 16.6 Å². The second-order valence-electron chi connectivity index (χ2n) is 5.23. The van der Waals surface area contributed by atoms with Gasteiger partial charge in [0.2, 0.25) is 0 Å². The van der Waals surface area contributed by atoms with E-state index in [0.717, 1.165) is 17.0 Å². The molecular formula is C16H13BClNO. The number of hydrogen-bond acceptors (Lipinski definition) is 1. The molecule has 0 spiro atoms. The van der Waals surface area contributed by atoms with Crippen LogP contribution in [-0.2, 0) is 11.3 Å². The standard InChI is InChI=1S/C16H13BClNO/c1-17-15-9-14(4-2-12(15)10-20-17)19-7-6-11-8-13(18)3-5-16(11)19/h2-9H,10H2,1H3. The van der Waals surface area contributed by atoms with Gasteiger partial charge in [-0.05, 0) is 47.4 Å². The highest BCUT2D eigenvalue weighted by Crippen LogP contribution is 2.24. The first-order valence-electron chi connectivity index (χ1n) is 6.74. The summed E-state index contributed by atoms with van der Waals surface area (Å²) in [6.45, 7) is 3.00. The Hall–Kier alpha value is -1.71. The Bertz CT molecular complexity index is 811. The zero-order valence-corrected chi connectivity index (χ0v) is 11.9. The van der Waals surface area contributed by atoms with Crippen molar-refractivity contribution in [3.8, 4) is 5.69 Å². The van der Waals surface area contributed by atoms with Gasteiger partial charge in [0.15, 0.2) is 0 Å². The summed E-state index contributed by atoms with van der Waals surface area (Å²) in [6, 6.07) is 14.6. The third-order valence-electron chi connectivity index (χ3n) is 3.99. The van der Waals surface area contributed by atoms with Crippen molar-refractivity contribution in [3.05, 3.63) is 59.2 Å². The lowest BCUT2D eigenvalue weighted by Gasteiger charge is -2.08. The molecule has 0 saturated carbocycles. The predicted molar refractivity (Wildman–Crippen MR) is 84.3 cm³/mol. The Morgan fingerprint density at radius 1 is 1.15 bits per heavy atom. The Morgan fingerprint density at radius 3 is 2.95 bits per heavy atom. The predicted octanol–water partition coefficient (Wildman–Crippen LogP) is 3.64. The molecule has 2 aromatic carbocycles. The first-order chi connectivity index (χ1) is 9.72. The van der Waals surface area contributed by atoms with E-state index >= 15 is 0 Å². The summed E-state index contributed by atoms with van der Waals surface area (Å²) >= 11 is 6.04. The summed E-state index contributed by atoms with van der Waals surface area (Å²) < 4.78 is 7.86. The number of benzene rings is 2. The summed E-state index contributed by atoms with van der Waals surface area (Å²) in [6.07, 6.45) is 2.09. The lowest BCUT2D eigenvalue weighted by atomic mass is 9.64. The molecule has 0 bridgehead atoms. The topological polar surface area (TPSA) is 14.2 Å². The molecule has 2 heterocycles. The van der Waals surface area contributed by atoms with Crippen molar-refractivity contribution in [2.45, 2.75) is 13.4 Å². The molecule has 0 N–H and O–H groups in total. The van der Waals surface area contributed by atoms with E-state index in [9.17, 15) is 0 Å². The SMILES string of the molecule is CB1OCc2ccc(-n3ccc4cc(Cl)ccc43)cc21. The van der Waals surface area contributed by atoms with Gasteiger partial charge in [-0.2, -0.15) is 0 Å². The molecule has 0 atom stereocenters. The molecule has 1 aliphatic heterocycles. The number of nitrogens with zero attached hydrogens (tertiary/aromatic N) is 1. The largest absolute Gasteiger partial charge is 0.427 e. The number of aromatic nitrogens is 1. The van der Waals surface area contributed by atoms with Crippen molar-refractivity contribution in [3.63, 3.8) is 0 Å². The van der Waals surface area contributed by atoms with Crippen LogP contribution in [0.1, 0.15) is 5.56 Å². The molecule has 3 aromatic rings. The van der Waals surface area contributed by atoms with Gasteiger partial charge in [-0.15, -0.1) is 0 Å². The minimum Gasteiger partial charge on any atom is -0.427 e. The van der Waals surface area contributed by atoms with Crippen LogP contribution in [0.4, 0.5) is 0 Å². The lowest BCUT2D eigenvalue weighted by molar-refractivity contribution is 0.333. The number of fused-ring (bicyclic) bond motifs is 2. The van der Waals surface area contributed by atoms with E-state index in [2.05, 4.69) is 47.9 Å². The van der Waals surface area contributed by atoms with E-state index in [1.54, 1.807) is 0 Å². The van der Waals surface area contributed by atoms with Crippen LogP contribution in [0.3, 0.4) is 0 Å². The third-order valence-corrected chi connectivity index (χ3v) is 4.22. The molecule has 1 aliphatic rings. The highest BCUT2D eigenvalue weighted by atomic mass is 35.5. The maximum atomic E-state index is 6.04. The maximum absolute atomic E-state index is 6.04. The van der Waals surface area contributed by atoms with Crippen molar-refractivity contribution < 1.29 is 4.65 Å². The summed E-state index contributed by atoms with van der Waals surface area (Å²) in [5.74, 6) is 0. The Morgan fingerprint density at radius 2 is 2.05 bits per heavy atom. The molecule has 4 rings (SSSR count). The van der Waals surface area contributed by atoms with Crippen molar-refractivity contribution in [1.82, 2.24) is 4.57 Å². The quantitative estimate of drug-likeness (QED) is 0.621. The molecule has 2 nitrogen and oxygen atoms in total. The van der Waals surface area contributed by atoms with Crippen molar-refractivity contribution in [2.75, 3.05) is 0 Å². The van der Waals surface area contributed by atoms with Gasteiger partial charge in [-0.25, -0.2) is 0 Å².